The van der Waals surface area contributed by atoms with Crippen LogP contribution in [0.25, 0.3) is 0 Å². The zero-order valence-corrected chi connectivity index (χ0v) is 11.2. The van der Waals surface area contributed by atoms with Gasteiger partial charge in [0.15, 0.2) is 0 Å². The highest BCUT2D eigenvalue weighted by Crippen LogP contribution is 2.31. The zero-order chi connectivity index (χ0) is 13.2. The molecule has 1 aliphatic rings. The fraction of sp³-hybridized carbons (Fsp3) is 0.692. The number of carbonyl (C=O) groups is 1. The normalized spacial score (nSPS) is 17.3. The lowest BCUT2D eigenvalue weighted by atomic mass is 9.75. The summed E-state index contributed by atoms with van der Waals surface area (Å²) in [5.41, 5.74) is 7.95. The fourth-order valence-corrected chi connectivity index (χ4v) is 2.41. The maximum Gasteiger partial charge on any atom is 0.222 e. The largest absolute Gasteiger partial charge is 0.352 e. The Bertz CT molecular complexity index is 434. The van der Waals surface area contributed by atoms with E-state index in [1.165, 1.54) is 0 Å². The Labute approximate surface area is 108 Å². The van der Waals surface area contributed by atoms with Gasteiger partial charge in [0, 0.05) is 37.3 Å². The number of aromatic nitrogens is 2. The van der Waals surface area contributed by atoms with Gasteiger partial charge in [-0.2, -0.15) is 5.10 Å². The number of nitrogens with one attached hydrogen (secondary N) is 1. The number of hydrogen-bond donors (Lipinski definition) is 2. The smallest absolute Gasteiger partial charge is 0.222 e. The van der Waals surface area contributed by atoms with Crippen molar-refractivity contribution in [2.45, 2.75) is 51.1 Å². The van der Waals surface area contributed by atoms with Gasteiger partial charge in [-0.1, -0.05) is 6.92 Å². The van der Waals surface area contributed by atoms with Crippen LogP contribution in [0, 0.1) is 0 Å². The van der Waals surface area contributed by atoms with E-state index in [9.17, 15) is 4.79 Å². The van der Waals surface area contributed by atoms with E-state index in [4.69, 9.17) is 5.73 Å². The molecular formula is C13H22N4O. The predicted octanol–water partition coefficient (Wildman–Crippen LogP) is 0.870. The summed E-state index contributed by atoms with van der Waals surface area (Å²) >= 11 is 0. The Morgan fingerprint density at radius 2 is 2.33 bits per heavy atom. The topological polar surface area (TPSA) is 72.9 Å². The molecule has 1 amide bonds. The van der Waals surface area contributed by atoms with Gasteiger partial charge in [0.1, 0.15) is 0 Å². The number of carbonyl (C=O) groups excluding carboxylic acids is 1. The SMILES string of the molecule is CCc1nn(C)cc1CNC(=O)CC1(N)CCC1. The molecule has 100 valence electrons. The van der Waals surface area contributed by atoms with Crippen LogP contribution in [0.5, 0.6) is 0 Å². The van der Waals surface area contributed by atoms with E-state index in [1.54, 1.807) is 4.68 Å². The first-order chi connectivity index (χ1) is 8.52. The summed E-state index contributed by atoms with van der Waals surface area (Å²) in [6.07, 6.45) is 6.36. The first kappa shape index (κ1) is 13.1. The van der Waals surface area contributed by atoms with E-state index in [0.717, 1.165) is 36.9 Å². The molecule has 1 aromatic rings. The third-order valence-electron chi connectivity index (χ3n) is 3.66. The number of nitrogens with two attached hydrogens (primary N) is 1. The second kappa shape index (κ2) is 5.10. The molecule has 1 aromatic heterocycles. The van der Waals surface area contributed by atoms with Crippen LogP contribution in [0.2, 0.25) is 0 Å². The molecule has 5 heteroatoms. The Kier molecular flexibility index (Phi) is 3.71. The molecule has 1 heterocycles. The van der Waals surface area contributed by atoms with Crippen LogP contribution in [0.15, 0.2) is 6.20 Å². The van der Waals surface area contributed by atoms with Crippen molar-refractivity contribution in [1.29, 1.82) is 0 Å². The molecule has 0 bridgehead atoms. The molecule has 0 aromatic carbocycles. The highest BCUT2D eigenvalue weighted by atomic mass is 16.1. The quantitative estimate of drug-likeness (QED) is 0.814. The Balaban J connectivity index is 1.85. The van der Waals surface area contributed by atoms with E-state index in [0.29, 0.717) is 13.0 Å². The summed E-state index contributed by atoms with van der Waals surface area (Å²) in [6, 6.07) is 0. The molecule has 0 atom stereocenters. The Hall–Kier alpha value is -1.36. The molecule has 0 radical (unpaired) electrons. The molecular weight excluding hydrogens is 228 g/mol. The van der Waals surface area contributed by atoms with Crippen LogP contribution >= 0.6 is 0 Å². The molecule has 1 fully saturated rings. The van der Waals surface area contributed by atoms with Crippen molar-refractivity contribution < 1.29 is 4.79 Å². The maximum atomic E-state index is 11.8. The van der Waals surface area contributed by atoms with Crippen molar-refractivity contribution in [2.75, 3.05) is 0 Å². The van der Waals surface area contributed by atoms with E-state index in [2.05, 4.69) is 17.3 Å². The summed E-state index contributed by atoms with van der Waals surface area (Å²) in [5.74, 6) is 0.0445. The van der Waals surface area contributed by atoms with Crippen molar-refractivity contribution in [3.63, 3.8) is 0 Å². The highest BCUT2D eigenvalue weighted by Gasteiger charge is 2.34. The number of amides is 1. The molecule has 3 N–H and O–H groups in total. The average Bonchev–Trinajstić information content (AvgIpc) is 2.65. The zero-order valence-electron chi connectivity index (χ0n) is 11.2. The van der Waals surface area contributed by atoms with Crippen molar-refractivity contribution >= 4 is 5.91 Å². The minimum atomic E-state index is -0.243. The monoisotopic (exact) mass is 250 g/mol. The van der Waals surface area contributed by atoms with Crippen LogP contribution in [0.4, 0.5) is 0 Å². The molecule has 0 spiro atoms. The molecule has 5 nitrogen and oxygen atoms in total. The van der Waals surface area contributed by atoms with Crippen LogP contribution < -0.4 is 11.1 Å². The maximum absolute atomic E-state index is 11.8. The van der Waals surface area contributed by atoms with Gasteiger partial charge in [-0.25, -0.2) is 0 Å². The van der Waals surface area contributed by atoms with Gasteiger partial charge in [0.2, 0.25) is 5.91 Å². The van der Waals surface area contributed by atoms with Crippen LogP contribution in [0.1, 0.15) is 43.9 Å². The van der Waals surface area contributed by atoms with Gasteiger partial charge < -0.3 is 11.1 Å². The second-order valence-corrected chi connectivity index (χ2v) is 5.30. The first-order valence-electron chi connectivity index (χ1n) is 6.59. The molecule has 0 saturated heterocycles. The lowest BCUT2D eigenvalue weighted by Crippen LogP contribution is -2.49. The van der Waals surface area contributed by atoms with E-state index >= 15 is 0 Å². The standard InChI is InChI=1S/C13H22N4O/c1-3-11-10(9-17(2)16-11)8-15-12(18)7-13(14)5-4-6-13/h9H,3-8,14H2,1-2H3,(H,15,18). The van der Waals surface area contributed by atoms with E-state index in [1.807, 2.05) is 13.2 Å². The summed E-state index contributed by atoms with van der Waals surface area (Å²) in [6.45, 7) is 2.61. The van der Waals surface area contributed by atoms with Gasteiger partial charge in [0.05, 0.1) is 5.69 Å². The molecule has 0 unspecified atom stereocenters. The molecule has 2 rings (SSSR count). The lowest BCUT2D eigenvalue weighted by Gasteiger charge is -2.37. The van der Waals surface area contributed by atoms with Gasteiger partial charge in [-0.15, -0.1) is 0 Å². The van der Waals surface area contributed by atoms with Crippen molar-refractivity contribution in [2.24, 2.45) is 12.8 Å². The predicted molar refractivity (Wildman–Crippen MR) is 69.8 cm³/mol. The summed E-state index contributed by atoms with van der Waals surface area (Å²) in [7, 11) is 1.90. The van der Waals surface area contributed by atoms with Crippen molar-refractivity contribution in [3.05, 3.63) is 17.5 Å². The van der Waals surface area contributed by atoms with Gasteiger partial charge in [-0.3, -0.25) is 9.48 Å². The summed E-state index contributed by atoms with van der Waals surface area (Å²) in [4.78, 5) is 11.8. The first-order valence-corrected chi connectivity index (χ1v) is 6.59. The number of hydrogen-bond acceptors (Lipinski definition) is 3. The summed E-state index contributed by atoms with van der Waals surface area (Å²) < 4.78 is 1.79. The van der Waals surface area contributed by atoms with Crippen molar-refractivity contribution in [3.8, 4) is 0 Å². The van der Waals surface area contributed by atoms with Crippen molar-refractivity contribution in [1.82, 2.24) is 15.1 Å². The fourth-order valence-electron chi connectivity index (χ4n) is 2.41. The van der Waals surface area contributed by atoms with Crippen LogP contribution in [0.3, 0.4) is 0 Å². The second-order valence-electron chi connectivity index (χ2n) is 5.30. The van der Waals surface area contributed by atoms with Crippen LogP contribution in [-0.2, 0) is 24.8 Å². The van der Waals surface area contributed by atoms with Gasteiger partial charge in [0.25, 0.3) is 0 Å². The minimum absolute atomic E-state index is 0.0445. The highest BCUT2D eigenvalue weighted by molar-refractivity contribution is 5.77. The third-order valence-corrected chi connectivity index (χ3v) is 3.66. The minimum Gasteiger partial charge on any atom is -0.352 e. The number of rotatable bonds is 5. The lowest BCUT2D eigenvalue weighted by molar-refractivity contribution is -0.123. The summed E-state index contributed by atoms with van der Waals surface area (Å²) in [5, 5.41) is 7.29. The Morgan fingerprint density at radius 1 is 1.61 bits per heavy atom. The van der Waals surface area contributed by atoms with E-state index < -0.39 is 0 Å². The molecule has 18 heavy (non-hydrogen) atoms. The van der Waals surface area contributed by atoms with Gasteiger partial charge >= 0.3 is 0 Å². The molecule has 0 aliphatic heterocycles. The Morgan fingerprint density at radius 3 is 2.89 bits per heavy atom. The van der Waals surface area contributed by atoms with Crippen LogP contribution in [-0.4, -0.2) is 21.2 Å². The number of nitrogens with zero attached hydrogens (tertiary/aromatic N) is 2. The molecule has 1 saturated carbocycles. The average molecular weight is 250 g/mol. The third kappa shape index (κ3) is 2.90. The number of aryl methyl sites for hydroxylation is 2. The molecule has 1 aliphatic carbocycles. The van der Waals surface area contributed by atoms with E-state index in [-0.39, 0.29) is 11.4 Å². The van der Waals surface area contributed by atoms with Gasteiger partial charge in [-0.05, 0) is 25.7 Å².